The third kappa shape index (κ3) is 42.2. The van der Waals surface area contributed by atoms with Gasteiger partial charge < -0.3 is 46.6 Å². The monoisotopic (exact) mass is 1570 g/mol. The van der Waals surface area contributed by atoms with Gasteiger partial charge in [0.05, 0.1) is 73.6 Å². The van der Waals surface area contributed by atoms with Crippen molar-refractivity contribution in [1.29, 1.82) is 0 Å². The van der Waals surface area contributed by atoms with Gasteiger partial charge in [-0.25, -0.2) is 9.36 Å². The third-order valence-corrected chi connectivity index (χ3v) is 18.3. The summed E-state index contributed by atoms with van der Waals surface area (Å²) in [5.41, 5.74) is -1.41. The topological polar surface area (TPSA) is 466 Å². The first-order chi connectivity index (χ1) is 50.9. The van der Waals surface area contributed by atoms with Gasteiger partial charge in [0, 0.05) is 49.8 Å². The van der Waals surface area contributed by atoms with Gasteiger partial charge >= 0.3 is 17.4 Å². The number of nitrogens with one attached hydrogen (secondary N) is 4. The van der Waals surface area contributed by atoms with Crippen molar-refractivity contribution in [3.8, 4) is 28.8 Å². The molecule has 2 heterocycles. The van der Waals surface area contributed by atoms with Crippen molar-refractivity contribution >= 4 is 54.4 Å². The molecule has 0 aliphatic rings. The maximum absolute atomic E-state index is 12.6. The van der Waals surface area contributed by atoms with Crippen molar-refractivity contribution in [2.45, 2.75) is 237 Å². The second-order valence-corrected chi connectivity index (χ2v) is 28.3. The van der Waals surface area contributed by atoms with Crippen LogP contribution in [-0.4, -0.2) is 130 Å². The van der Waals surface area contributed by atoms with Crippen molar-refractivity contribution in [2.24, 2.45) is 20.5 Å². The van der Waals surface area contributed by atoms with Crippen LogP contribution in [0.25, 0.3) is 11.4 Å². The largest absolute Gasteiger partial charge is 3.00 e. The first-order valence-electron chi connectivity index (χ1n) is 37.3. The Bertz CT molecular complexity index is 3640. The van der Waals surface area contributed by atoms with E-state index in [1.54, 1.807) is 0 Å². The molecule has 9 N–H and O–H groups in total. The Hall–Kier alpha value is -7.39. The number of aryl methyl sites for hydroxylation is 2. The Morgan fingerprint density at radius 2 is 0.757 bits per heavy atom. The van der Waals surface area contributed by atoms with Crippen LogP contribution in [0.3, 0.4) is 0 Å². The fraction of sp³-hybridized carbons (Fsp3) is 0.595. The zero-order chi connectivity index (χ0) is 78.4. The van der Waals surface area contributed by atoms with Gasteiger partial charge in [-0.2, -0.15) is 32.2 Å². The number of rotatable bonds is 49. The average Bonchev–Trinajstić information content (AvgIpc) is 1.76. The quantitative estimate of drug-likeness (QED) is 0.00563. The van der Waals surface area contributed by atoms with Gasteiger partial charge in [0.1, 0.15) is 5.69 Å². The van der Waals surface area contributed by atoms with E-state index >= 15 is 0 Å². The minimum atomic E-state index is -4.39. The minimum absolute atomic E-state index is 0. The van der Waals surface area contributed by atoms with Gasteiger partial charge in [-0.3, -0.25) is 39.2 Å². The summed E-state index contributed by atoms with van der Waals surface area (Å²) in [5, 5.41) is 115. The molecule has 6 aromatic rings. The Labute approximate surface area is 642 Å². The number of hydrogen-bond donors (Lipinski definition) is 9. The van der Waals surface area contributed by atoms with Crippen molar-refractivity contribution < 1.29 is 83.8 Å². The summed E-state index contributed by atoms with van der Waals surface area (Å²) < 4.78 is 64.4. The molecule has 0 fully saturated rings. The standard InChI is InChI=1S/2C16H13N5O7S.3C14H31NO.Cr/c2*1-9-15(18-17-13-8-11(21(24)25)4-7-14(13)22)16(23)20(19-9)10-2-5-12(6-3-10)29(26,27)28;3*1-2-3-4-5-6-7-8-9-10-11-12-15-13-14-16;/h2-8,22-23H,1H3,(H,26,27,28);2-8,19,22H,1H3,(H,26,27,28);3*15-16H,2-14H2,1H3;/q;;;;;+3/p-3. The van der Waals surface area contributed by atoms with Crippen molar-refractivity contribution in [2.75, 3.05) is 59.1 Å². The SMILES string of the molecule is CCCCCCCCCCCCNCCO.CCCCCCCCCCCCNCCO.CCCCCCCCCCCCNCCO.Cc1[nH]n(-c2ccc(S(=O)(=O)O)cc2)c(=O)c1N=Nc1cc([N+](=O)[O-])ccc1[O-].Cc1nn(-c2ccc(S(=O)(=O)O)cc2)c([O-])c1N=Nc1cc([N+](=O)[O-])ccc1[O-].[Cr+3]. The molecular formula is C74H116CrN13O17S2. The van der Waals surface area contributed by atoms with Crippen LogP contribution in [0.15, 0.2) is 120 Å². The molecule has 0 unspecified atom stereocenters. The molecule has 33 heteroatoms. The molecule has 107 heavy (non-hydrogen) atoms. The molecule has 0 bridgehead atoms. The number of non-ortho nitro benzene ring substituents is 2. The van der Waals surface area contributed by atoms with Crippen molar-refractivity contribution in [3.63, 3.8) is 0 Å². The molecule has 597 valence electrons. The summed E-state index contributed by atoms with van der Waals surface area (Å²) in [4.78, 5) is 32.1. The smallest absolute Gasteiger partial charge is 0.871 e. The number of hydrogen-bond acceptors (Lipinski definition) is 23. The molecule has 1 radical (unpaired) electrons. The minimum Gasteiger partial charge on any atom is -0.871 e. The number of unbranched alkanes of at least 4 members (excludes halogenated alkanes) is 27. The fourth-order valence-electron chi connectivity index (χ4n) is 10.6. The summed E-state index contributed by atoms with van der Waals surface area (Å²) in [7, 11) is -8.76. The summed E-state index contributed by atoms with van der Waals surface area (Å²) >= 11 is 0. The summed E-state index contributed by atoms with van der Waals surface area (Å²) in [6.45, 7) is 16.0. The Morgan fingerprint density at radius 3 is 1.07 bits per heavy atom. The van der Waals surface area contributed by atoms with Crippen LogP contribution in [0, 0.1) is 34.1 Å². The van der Waals surface area contributed by atoms with Gasteiger partial charge in [-0.05, 0) is 101 Å². The van der Waals surface area contributed by atoms with E-state index in [2.05, 4.69) is 67.4 Å². The molecule has 0 saturated heterocycles. The second-order valence-electron chi connectivity index (χ2n) is 25.5. The summed E-state index contributed by atoms with van der Waals surface area (Å²) in [6.07, 6.45) is 41.6. The van der Waals surface area contributed by atoms with Gasteiger partial charge in [-0.1, -0.05) is 218 Å². The molecule has 0 aliphatic carbocycles. The van der Waals surface area contributed by atoms with Crippen LogP contribution >= 0.6 is 0 Å². The van der Waals surface area contributed by atoms with E-state index in [0.29, 0.717) is 0 Å². The van der Waals surface area contributed by atoms with E-state index in [9.17, 15) is 57.2 Å². The Balaban J connectivity index is 0.000000690. The number of nitro groups is 2. The Kier molecular flexibility index (Phi) is 53.5. The maximum atomic E-state index is 12.6. The third-order valence-electron chi connectivity index (χ3n) is 16.6. The number of nitro benzene ring substituents is 2. The Morgan fingerprint density at radius 1 is 0.449 bits per heavy atom. The predicted octanol–water partition coefficient (Wildman–Crippen LogP) is 14.5. The first kappa shape index (κ1) is 97.6. The second kappa shape index (κ2) is 58.6. The molecule has 0 aliphatic heterocycles. The van der Waals surface area contributed by atoms with Crippen LogP contribution in [0.1, 0.15) is 225 Å². The van der Waals surface area contributed by atoms with E-state index in [4.69, 9.17) is 24.4 Å². The number of aromatic nitrogens is 4. The zero-order valence-electron chi connectivity index (χ0n) is 63.0. The first-order valence-corrected chi connectivity index (χ1v) is 40.2. The van der Waals surface area contributed by atoms with Gasteiger partial charge in [-0.15, -0.1) is 10.2 Å². The normalized spacial score (nSPS) is 11.3. The number of azo groups is 2. The molecule has 6 rings (SSSR count). The molecular weight excluding hydrogens is 1460 g/mol. The number of benzene rings is 4. The van der Waals surface area contributed by atoms with Crippen LogP contribution in [0.4, 0.5) is 34.1 Å². The number of aliphatic hydroxyl groups is 3. The molecule has 0 amide bonds. The fourth-order valence-corrected chi connectivity index (χ4v) is 11.5. The van der Waals surface area contributed by atoms with Gasteiger partial charge in [0.2, 0.25) is 0 Å². The van der Waals surface area contributed by atoms with E-state index in [1.165, 1.54) is 231 Å². The predicted molar refractivity (Wildman–Crippen MR) is 407 cm³/mol. The van der Waals surface area contributed by atoms with Crippen molar-refractivity contribution in [3.05, 3.63) is 127 Å². The van der Waals surface area contributed by atoms with E-state index in [1.807, 2.05) is 0 Å². The van der Waals surface area contributed by atoms with E-state index in [0.717, 1.165) is 109 Å². The summed E-state index contributed by atoms with van der Waals surface area (Å²) in [5.74, 6) is -1.92. The molecule has 4 aromatic carbocycles. The van der Waals surface area contributed by atoms with Crippen LogP contribution in [0.2, 0.25) is 0 Å². The van der Waals surface area contributed by atoms with Crippen molar-refractivity contribution in [1.82, 2.24) is 35.5 Å². The van der Waals surface area contributed by atoms with Gasteiger partial charge in [0.15, 0.2) is 5.69 Å². The molecule has 30 nitrogen and oxygen atoms in total. The average molecular weight is 1580 g/mol. The van der Waals surface area contributed by atoms with Crippen LogP contribution < -0.4 is 36.8 Å². The maximum Gasteiger partial charge on any atom is 3.00 e. The molecule has 0 atom stereocenters. The van der Waals surface area contributed by atoms with E-state index in [-0.39, 0.29) is 104 Å². The summed E-state index contributed by atoms with van der Waals surface area (Å²) in [6, 6.07) is 15.4. The number of aromatic amines is 1. The van der Waals surface area contributed by atoms with Crippen LogP contribution in [0.5, 0.6) is 17.4 Å². The zero-order valence-corrected chi connectivity index (χ0v) is 66.0. The molecule has 0 saturated carbocycles. The van der Waals surface area contributed by atoms with Gasteiger partial charge in [0.25, 0.3) is 37.2 Å². The van der Waals surface area contributed by atoms with E-state index < -0.39 is 53.0 Å². The van der Waals surface area contributed by atoms with Crippen LogP contribution in [-0.2, 0) is 37.6 Å². The number of nitrogens with zero attached hydrogens (tertiary/aromatic N) is 9. The number of H-pyrrole nitrogens is 1. The molecule has 2 aromatic heterocycles. The number of aliphatic hydroxyl groups excluding tert-OH is 3. The molecule has 0 spiro atoms.